The molecule has 0 saturated heterocycles. The first-order valence-corrected chi connectivity index (χ1v) is 7.63. The molecule has 1 aliphatic rings. The summed E-state index contributed by atoms with van der Waals surface area (Å²) in [4.78, 5) is 13.8. The minimum absolute atomic E-state index is 0.208. The third-order valence-electron chi connectivity index (χ3n) is 4.09. The zero-order chi connectivity index (χ0) is 15.9. The van der Waals surface area contributed by atoms with Gasteiger partial charge in [-0.3, -0.25) is 0 Å². The molecular weight excluding hydrogens is 276 g/mol. The van der Waals surface area contributed by atoms with Crippen LogP contribution >= 0.6 is 0 Å². The van der Waals surface area contributed by atoms with Crippen LogP contribution in [0.2, 0.25) is 0 Å². The standard InChI is InChI=1S/C18H22N2O2/c1-18(2,22)11-20(3)17(21)19-15-10-9-13-8-7-12-5-4-6-14(15)16(12)13/h4-6,9-10,22H,7-8,11H2,1-3H3,(H,19,21). The highest BCUT2D eigenvalue weighted by Gasteiger charge is 2.21. The van der Waals surface area contributed by atoms with Gasteiger partial charge in [0, 0.05) is 12.4 Å². The fraction of sp³-hybridized carbons (Fsp3) is 0.389. The van der Waals surface area contributed by atoms with E-state index in [1.807, 2.05) is 12.1 Å². The Hall–Kier alpha value is -2.07. The summed E-state index contributed by atoms with van der Waals surface area (Å²) in [6, 6.07) is 10.1. The van der Waals surface area contributed by atoms with Gasteiger partial charge in [0.1, 0.15) is 0 Å². The van der Waals surface area contributed by atoms with Gasteiger partial charge >= 0.3 is 6.03 Å². The van der Waals surface area contributed by atoms with E-state index in [9.17, 15) is 9.90 Å². The smallest absolute Gasteiger partial charge is 0.321 e. The number of urea groups is 1. The second-order valence-corrected chi connectivity index (χ2v) is 6.71. The van der Waals surface area contributed by atoms with Gasteiger partial charge in [-0.1, -0.05) is 24.3 Å². The number of anilines is 1. The van der Waals surface area contributed by atoms with Crippen LogP contribution in [0, 0.1) is 0 Å². The van der Waals surface area contributed by atoms with E-state index in [0.29, 0.717) is 0 Å². The van der Waals surface area contributed by atoms with Crippen LogP contribution in [0.4, 0.5) is 10.5 Å². The average molecular weight is 298 g/mol. The lowest BCUT2D eigenvalue weighted by Gasteiger charge is -2.26. The van der Waals surface area contributed by atoms with Crippen LogP contribution in [-0.2, 0) is 12.8 Å². The average Bonchev–Trinajstić information content (AvgIpc) is 2.85. The van der Waals surface area contributed by atoms with E-state index in [-0.39, 0.29) is 12.6 Å². The summed E-state index contributed by atoms with van der Waals surface area (Å²) in [5.41, 5.74) is 2.63. The third-order valence-corrected chi connectivity index (χ3v) is 4.09. The van der Waals surface area contributed by atoms with Crippen molar-refractivity contribution in [3.05, 3.63) is 41.5 Å². The van der Waals surface area contributed by atoms with E-state index in [2.05, 4.69) is 23.5 Å². The van der Waals surface area contributed by atoms with Gasteiger partial charge in [0.25, 0.3) is 0 Å². The number of likely N-dealkylation sites (N-methyl/N-ethyl adjacent to an activating group) is 1. The van der Waals surface area contributed by atoms with Crippen molar-refractivity contribution in [2.24, 2.45) is 0 Å². The van der Waals surface area contributed by atoms with Crippen LogP contribution in [0.25, 0.3) is 10.8 Å². The number of hydrogen-bond donors (Lipinski definition) is 2. The Labute approximate surface area is 130 Å². The summed E-state index contributed by atoms with van der Waals surface area (Å²) in [7, 11) is 1.69. The minimum Gasteiger partial charge on any atom is -0.389 e. The summed E-state index contributed by atoms with van der Waals surface area (Å²) in [5.74, 6) is 0. The van der Waals surface area contributed by atoms with Crippen molar-refractivity contribution in [1.82, 2.24) is 4.90 Å². The molecule has 2 amide bonds. The lowest BCUT2D eigenvalue weighted by Crippen LogP contribution is -2.41. The van der Waals surface area contributed by atoms with E-state index in [1.165, 1.54) is 21.4 Å². The molecule has 0 heterocycles. The van der Waals surface area contributed by atoms with E-state index in [4.69, 9.17) is 0 Å². The van der Waals surface area contributed by atoms with Crippen molar-refractivity contribution in [2.75, 3.05) is 18.9 Å². The van der Waals surface area contributed by atoms with E-state index >= 15 is 0 Å². The Morgan fingerprint density at radius 2 is 1.91 bits per heavy atom. The Kier molecular flexibility index (Phi) is 3.57. The van der Waals surface area contributed by atoms with Crippen molar-refractivity contribution in [3.8, 4) is 0 Å². The molecule has 2 aromatic carbocycles. The molecule has 0 fully saturated rings. The lowest BCUT2D eigenvalue weighted by molar-refractivity contribution is 0.0551. The molecule has 0 aliphatic heterocycles. The van der Waals surface area contributed by atoms with Crippen molar-refractivity contribution in [3.63, 3.8) is 0 Å². The van der Waals surface area contributed by atoms with E-state index in [1.54, 1.807) is 20.9 Å². The van der Waals surface area contributed by atoms with Gasteiger partial charge in [-0.05, 0) is 49.3 Å². The van der Waals surface area contributed by atoms with Crippen molar-refractivity contribution in [2.45, 2.75) is 32.3 Å². The quantitative estimate of drug-likeness (QED) is 0.914. The molecule has 0 radical (unpaired) electrons. The molecule has 22 heavy (non-hydrogen) atoms. The SMILES string of the molecule is CN(CC(C)(C)O)C(=O)Nc1ccc2c3c(cccc13)CC2. The minimum atomic E-state index is -0.909. The van der Waals surface area contributed by atoms with Crippen LogP contribution in [-0.4, -0.2) is 35.2 Å². The zero-order valence-electron chi connectivity index (χ0n) is 13.3. The number of hydrogen-bond acceptors (Lipinski definition) is 2. The molecule has 2 aromatic rings. The van der Waals surface area contributed by atoms with Gasteiger partial charge in [0.2, 0.25) is 0 Å². The number of rotatable bonds is 3. The third kappa shape index (κ3) is 2.79. The molecule has 0 atom stereocenters. The van der Waals surface area contributed by atoms with Crippen molar-refractivity contribution < 1.29 is 9.90 Å². The number of carbonyl (C=O) groups excluding carboxylic acids is 1. The molecule has 0 aromatic heterocycles. The highest BCUT2D eigenvalue weighted by atomic mass is 16.3. The van der Waals surface area contributed by atoms with Gasteiger partial charge in [-0.2, -0.15) is 0 Å². The number of aryl methyl sites for hydroxylation is 2. The number of amides is 2. The highest BCUT2D eigenvalue weighted by molar-refractivity contribution is 6.04. The summed E-state index contributed by atoms with van der Waals surface area (Å²) >= 11 is 0. The number of benzene rings is 2. The number of nitrogens with one attached hydrogen (secondary N) is 1. The first kappa shape index (κ1) is 14.9. The Morgan fingerprint density at radius 1 is 1.23 bits per heavy atom. The molecule has 0 unspecified atom stereocenters. The lowest BCUT2D eigenvalue weighted by atomic mass is 10.0. The van der Waals surface area contributed by atoms with Crippen molar-refractivity contribution in [1.29, 1.82) is 0 Å². The molecule has 3 rings (SSSR count). The van der Waals surface area contributed by atoms with Crippen LogP contribution < -0.4 is 5.32 Å². The molecule has 0 spiro atoms. The number of nitrogens with zero attached hydrogens (tertiary/aromatic N) is 1. The molecule has 0 bridgehead atoms. The second-order valence-electron chi connectivity index (χ2n) is 6.71. The Bertz CT molecular complexity index is 721. The first-order chi connectivity index (χ1) is 10.3. The number of carbonyl (C=O) groups is 1. The summed E-state index contributed by atoms with van der Waals surface area (Å²) < 4.78 is 0. The number of aliphatic hydroxyl groups is 1. The van der Waals surface area contributed by atoms with Gasteiger partial charge < -0.3 is 15.3 Å². The van der Waals surface area contributed by atoms with Crippen molar-refractivity contribution >= 4 is 22.5 Å². The van der Waals surface area contributed by atoms with Gasteiger partial charge in [-0.25, -0.2) is 4.79 Å². The topological polar surface area (TPSA) is 52.6 Å². The van der Waals surface area contributed by atoms with Crippen LogP contribution in [0.15, 0.2) is 30.3 Å². The van der Waals surface area contributed by atoms with Crippen LogP contribution in [0.1, 0.15) is 25.0 Å². The Morgan fingerprint density at radius 3 is 2.59 bits per heavy atom. The van der Waals surface area contributed by atoms with E-state index in [0.717, 1.165) is 23.9 Å². The summed E-state index contributed by atoms with van der Waals surface area (Å²) in [6.07, 6.45) is 2.14. The van der Waals surface area contributed by atoms with Gasteiger partial charge in [0.15, 0.2) is 0 Å². The zero-order valence-corrected chi connectivity index (χ0v) is 13.3. The molecule has 0 saturated carbocycles. The Balaban J connectivity index is 1.88. The van der Waals surface area contributed by atoms with Crippen LogP contribution in [0.5, 0.6) is 0 Å². The highest BCUT2D eigenvalue weighted by Crippen LogP contribution is 2.35. The molecule has 4 nitrogen and oxygen atoms in total. The largest absolute Gasteiger partial charge is 0.389 e. The normalized spacial score (nSPS) is 13.5. The van der Waals surface area contributed by atoms with Gasteiger partial charge in [-0.15, -0.1) is 0 Å². The maximum Gasteiger partial charge on any atom is 0.321 e. The second kappa shape index (κ2) is 5.29. The summed E-state index contributed by atoms with van der Waals surface area (Å²) in [5, 5.41) is 15.2. The molecule has 2 N–H and O–H groups in total. The summed E-state index contributed by atoms with van der Waals surface area (Å²) in [6.45, 7) is 3.66. The maximum atomic E-state index is 12.3. The monoisotopic (exact) mass is 298 g/mol. The predicted octanol–water partition coefficient (Wildman–Crippen LogP) is 3.17. The van der Waals surface area contributed by atoms with Gasteiger partial charge in [0.05, 0.1) is 17.8 Å². The molecule has 1 aliphatic carbocycles. The first-order valence-electron chi connectivity index (χ1n) is 7.63. The fourth-order valence-electron chi connectivity index (χ4n) is 3.22. The molecule has 116 valence electrons. The van der Waals surface area contributed by atoms with E-state index < -0.39 is 5.60 Å². The van der Waals surface area contributed by atoms with Crippen LogP contribution in [0.3, 0.4) is 0 Å². The fourth-order valence-corrected chi connectivity index (χ4v) is 3.22. The maximum absolute atomic E-state index is 12.3. The predicted molar refractivity (Wildman–Crippen MR) is 89.3 cm³/mol. The molecule has 4 heteroatoms. The molecular formula is C18H22N2O2.